The maximum Gasteiger partial charge on any atom is 0.410 e. The number of nitrogens with zero attached hydrogens (tertiary/aromatic N) is 3. The van der Waals surface area contributed by atoms with Crippen molar-refractivity contribution in [3.8, 4) is 0 Å². The van der Waals surface area contributed by atoms with Crippen molar-refractivity contribution in [3.05, 3.63) is 28.2 Å². The summed E-state index contributed by atoms with van der Waals surface area (Å²) in [5, 5.41) is 12.9. The molecule has 2 rings (SSSR count). The number of aromatic nitrogens is 2. The zero-order chi connectivity index (χ0) is 17.2. The Balaban J connectivity index is 2.05. The zero-order valence-corrected chi connectivity index (χ0v) is 13.5. The van der Waals surface area contributed by atoms with E-state index in [0.717, 1.165) is 0 Å². The molecule has 0 spiro atoms. The van der Waals surface area contributed by atoms with E-state index in [1.807, 2.05) is 0 Å². The molecule has 1 amide bonds. The second kappa shape index (κ2) is 6.39. The number of carboxylic acids is 1. The fraction of sp³-hybridized carbons (Fsp3) is 0.600. The van der Waals surface area contributed by atoms with Crippen LogP contribution in [0.5, 0.6) is 0 Å². The first-order valence-corrected chi connectivity index (χ1v) is 7.48. The second-order valence-corrected chi connectivity index (χ2v) is 6.51. The molecule has 2 heterocycles. The van der Waals surface area contributed by atoms with Gasteiger partial charge in [-0.2, -0.15) is 5.10 Å². The van der Waals surface area contributed by atoms with Crippen LogP contribution in [0, 0.1) is 0 Å². The average Bonchev–Trinajstić information content (AvgIpc) is 2.46. The maximum atomic E-state index is 12.0. The fourth-order valence-corrected chi connectivity index (χ4v) is 2.42. The number of likely N-dealkylation sites (tertiary alicyclic amines) is 1. The standard InChI is InChI=1S/C15H21N3O5/c1-15(2,3)23-14(22)17-8-6-10(7-9-17)18-12(19)5-4-11(16-18)13(20)21/h4-5,10H,6-9H2,1-3H3,(H,20,21). The molecule has 8 heteroatoms. The first kappa shape index (κ1) is 17.0. The van der Waals surface area contributed by atoms with Crippen LogP contribution in [0.2, 0.25) is 0 Å². The predicted molar refractivity (Wildman–Crippen MR) is 81.5 cm³/mol. The molecule has 1 aromatic heterocycles. The SMILES string of the molecule is CC(C)(C)OC(=O)N1CCC(n2nc(C(=O)O)ccc2=O)CC1. The number of aromatic carboxylic acids is 1. The summed E-state index contributed by atoms with van der Waals surface area (Å²) in [6, 6.07) is 2.17. The van der Waals surface area contributed by atoms with E-state index >= 15 is 0 Å². The van der Waals surface area contributed by atoms with Crippen molar-refractivity contribution in [3.63, 3.8) is 0 Å². The van der Waals surface area contributed by atoms with Crippen molar-refractivity contribution < 1.29 is 19.4 Å². The quantitative estimate of drug-likeness (QED) is 0.885. The Bertz CT molecular complexity index is 654. The molecular weight excluding hydrogens is 302 g/mol. The lowest BCUT2D eigenvalue weighted by Gasteiger charge is -2.33. The molecule has 1 aliphatic heterocycles. The summed E-state index contributed by atoms with van der Waals surface area (Å²) >= 11 is 0. The molecule has 1 fully saturated rings. The van der Waals surface area contributed by atoms with Crippen LogP contribution in [0.4, 0.5) is 4.79 Å². The number of rotatable bonds is 2. The lowest BCUT2D eigenvalue weighted by Crippen LogP contribution is -2.43. The highest BCUT2D eigenvalue weighted by Gasteiger charge is 2.28. The number of carbonyl (C=O) groups excluding carboxylic acids is 1. The molecule has 0 saturated carbocycles. The Labute approximate surface area is 133 Å². The molecule has 0 aromatic carbocycles. The van der Waals surface area contributed by atoms with Crippen LogP contribution < -0.4 is 5.56 Å². The van der Waals surface area contributed by atoms with Gasteiger partial charge in [-0.25, -0.2) is 14.3 Å². The molecule has 8 nitrogen and oxygen atoms in total. The van der Waals surface area contributed by atoms with Gasteiger partial charge < -0.3 is 14.7 Å². The molecule has 23 heavy (non-hydrogen) atoms. The molecule has 1 N–H and O–H groups in total. The highest BCUT2D eigenvalue weighted by atomic mass is 16.6. The normalized spacial score (nSPS) is 16.2. The predicted octanol–water partition coefficient (Wildman–Crippen LogP) is 1.51. The van der Waals surface area contributed by atoms with Gasteiger partial charge in [-0.15, -0.1) is 0 Å². The van der Waals surface area contributed by atoms with Gasteiger partial charge >= 0.3 is 12.1 Å². The van der Waals surface area contributed by atoms with Crippen molar-refractivity contribution in [2.24, 2.45) is 0 Å². The zero-order valence-electron chi connectivity index (χ0n) is 13.5. The number of ether oxygens (including phenoxy) is 1. The highest BCUT2D eigenvalue weighted by molar-refractivity contribution is 5.84. The molecule has 126 valence electrons. The maximum absolute atomic E-state index is 12.0. The summed E-state index contributed by atoms with van der Waals surface area (Å²) in [6.45, 7) is 6.28. The summed E-state index contributed by atoms with van der Waals surface area (Å²) in [5.74, 6) is -1.18. The minimum absolute atomic E-state index is 0.167. The Hall–Kier alpha value is -2.38. The summed E-state index contributed by atoms with van der Waals surface area (Å²) in [4.78, 5) is 36.5. The molecule has 0 atom stereocenters. The minimum Gasteiger partial charge on any atom is -0.476 e. The van der Waals surface area contributed by atoms with Crippen LogP contribution >= 0.6 is 0 Å². The summed E-state index contributed by atoms with van der Waals surface area (Å²) < 4.78 is 6.52. The monoisotopic (exact) mass is 323 g/mol. The number of piperidine rings is 1. The number of carbonyl (C=O) groups is 2. The van der Waals surface area contributed by atoms with E-state index in [2.05, 4.69) is 5.10 Å². The first-order chi connectivity index (χ1) is 10.7. The van der Waals surface area contributed by atoms with Gasteiger partial charge in [-0.3, -0.25) is 4.79 Å². The van der Waals surface area contributed by atoms with Gasteiger partial charge in [0, 0.05) is 19.2 Å². The van der Waals surface area contributed by atoms with Crippen LogP contribution in [0.1, 0.15) is 50.1 Å². The third-order valence-corrected chi connectivity index (χ3v) is 3.51. The molecule has 0 aliphatic carbocycles. The number of hydrogen-bond acceptors (Lipinski definition) is 5. The van der Waals surface area contributed by atoms with E-state index in [1.165, 1.54) is 16.8 Å². The van der Waals surface area contributed by atoms with E-state index in [9.17, 15) is 14.4 Å². The topological polar surface area (TPSA) is 102 Å². The molecule has 1 saturated heterocycles. The number of carboxylic acid groups (broad SMARTS) is 1. The largest absolute Gasteiger partial charge is 0.476 e. The number of amides is 1. The van der Waals surface area contributed by atoms with E-state index in [1.54, 1.807) is 25.7 Å². The highest BCUT2D eigenvalue weighted by Crippen LogP contribution is 2.22. The third kappa shape index (κ3) is 4.30. The Kier molecular flexibility index (Phi) is 4.72. The fourth-order valence-electron chi connectivity index (χ4n) is 2.42. The van der Waals surface area contributed by atoms with E-state index in [4.69, 9.17) is 9.84 Å². The van der Waals surface area contributed by atoms with Crippen LogP contribution in [0.25, 0.3) is 0 Å². The van der Waals surface area contributed by atoms with E-state index in [0.29, 0.717) is 25.9 Å². The molecule has 0 bridgehead atoms. The third-order valence-electron chi connectivity index (χ3n) is 3.51. The average molecular weight is 323 g/mol. The van der Waals surface area contributed by atoms with E-state index < -0.39 is 11.6 Å². The van der Waals surface area contributed by atoms with Crippen molar-refractivity contribution in [2.45, 2.75) is 45.3 Å². The molecule has 1 aliphatic rings. The second-order valence-electron chi connectivity index (χ2n) is 6.51. The summed E-state index contributed by atoms with van der Waals surface area (Å²) in [6.07, 6.45) is 0.667. The molecule has 0 unspecified atom stereocenters. The van der Waals surface area contributed by atoms with Gasteiger partial charge in [-0.1, -0.05) is 0 Å². The lowest BCUT2D eigenvalue weighted by molar-refractivity contribution is 0.0183. The van der Waals surface area contributed by atoms with Crippen LogP contribution in [-0.4, -0.2) is 50.5 Å². The van der Waals surface area contributed by atoms with Gasteiger partial charge in [0.25, 0.3) is 5.56 Å². The van der Waals surface area contributed by atoms with Crippen LogP contribution in [0.3, 0.4) is 0 Å². The summed E-state index contributed by atoms with van der Waals surface area (Å²) in [5.41, 5.74) is -1.06. The van der Waals surface area contributed by atoms with Gasteiger partial charge in [0.1, 0.15) is 5.60 Å². The number of hydrogen-bond donors (Lipinski definition) is 1. The Morgan fingerprint density at radius 2 is 1.87 bits per heavy atom. The van der Waals surface area contributed by atoms with Crippen molar-refractivity contribution in [1.29, 1.82) is 0 Å². The molecule has 0 radical (unpaired) electrons. The van der Waals surface area contributed by atoms with Gasteiger partial charge in [0.15, 0.2) is 5.69 Å². The lowest BCUT2D eigenvalue weighted by atomic mass is 10.1. The van der Waals surface area contributed by atoms with Crippen LogP contribution in [-0.2, 0) is 4.74 Å². The smallest absolute Gasteiger partial charge is 0.410 e. The van der Waals surface area contributed by atoms with Gasteiger partial charge in [-0.05, 0) is 39.7 Å². The van der Waals surface area contributed by atoms with Gasteiger partial charge in [0.2, 0.25) is 0 Å². The van der Waals surface area contributed by atoms with Gasteiger partial charge in [0.05, 0.1) is 6.04 Å². The van der Waals surface area contributed by atoms with Crippen LogP contribution in [0.15, 0.2) is 16.9 Å². The Morgan fingerprint density at radius 1 is 1.26 bits per heavy atom. The van der Waals surface area contributed by atoms with Crippen molar-refractivity contribution in [2.75, 3.05) is 13.1 Å². The first-order valence-electron chi connectivity index (χ1n) is 7.48. The summed E-state index contributed by atoms with van der Waals surface area (Å²) in [7, 11) is 0. The minimum atomic E-state index is -1.18. The Morgan fingerprint density at radius 3 is 2.39 bits per heavy atom. The van der Waals surface area contributed by atoms with Crippen molar-refractivity contribution in [1.82, 2.24) is 14.7 Å². The van der Waals surface area contributed by atoms with E-state index in [-0.39, 0.29) is 23.4 Å². The molecular formula is C15H21N3O5. The van der Waals surface area contributed by atoms with Crippen molar-refractivity contribution >= 4 is 12.1 Å². The molecule has 1 aromatic rings.